The van der Waals surface area contributed by atoms with Crippen LogP contribution in [-0.2, 0) is 13.2 Å². The third kappa shape index (κ3) is 8.63. The second kappa shape index (κ2) is 13.4. The lowest BCUT2D eigenvalue weighted by molar-refractivity contribution is 0.269. The zero-order valence-electron chi connectivity index (χ0n) is 17.6. The second-order valence-electron chi connectivity index (χ2n) is 7.18. The van der Waals surface area contributed by atoms with Gasteiger partial charge in [-0.05, 0) is 49.2 Å². The number of unbranched alkanes of at least 4 members (excludes halogenated alkanes) is 5. The molecule has 5 heteroatoms. The van der Waals surface area contributed by atoms with Gasteiger partial charge in [0.25, 0.3) is 0 Å². The van der Waals surface area contributed by atoms with E-state index in [1.807, 2.05) is 13.0 Å². The minimum absolute atomic E-state index is 0.260. The molecule has 0 unspecified atom stereocenters. The van der Waals surface area contributed by atoms with Gasteiger partial charge in [0, 0.05) is 17.6 Å². The Labute approximate surface area is 179 Å². The fourth-order valence-electron chi connectivity index (χ4n) is 3.09. The summed E-state index contributed by atoms with van der Waals surface area (Å²) in [6.45, 7) is 6.72. The standard InChI is InChI=1S/C24H33ClFNO2/c1-3-5-6-7-8-9-14-27-17-20-15-23(28-4-2)24(16-22(20)25)29-18-19-10-12-21(26)13-11-19/h10-13,15-16,27H,3-9,14,17-18H2,1-2H3. The molecule has 160 valence electrons. The first kappa shape index (κ1) is 23.5. The number of rotatable bonds is 14. The maximum atomic E-state index is 13.0. The molecule has 0 bridgehead atoms. The molecule has 0 saturated heterocycles. The van der Waals surface area contributed by atoms with Crippen LogP contribution in [0.15, 0.2) is 36.4 Å². The van der Waals surface area contributed by atoms with Crippen LogP contribution in [-0.4, -0.2) is 13.2 Å². The minimum Gasteiger partial charge on any atom is -0.490 e. The van der Waals surface area contributed by atoms with Crippen LogP contribution in [0.3, 0.4) is 0 Å². The average Bonchev–Trinajstić information content (AvgIpc) is 2.72. The van der Waals surface area contributed by atoms with Crippen molar-refractivity contribution < 1.29 is 13.9 Å². The van der Waals surface area contributed by atoms with E-state index in [0.29, 0.717) is 36.3 Å². The molecule has 3 nitrogen and oxygen atoms in total. The quantitative estimate of drug-likeness (QED) is 0.336. The molecule has 29 heavy (non-hydrogen) atoms. The van der Waals surface area contributed by atoms with Crippen LogP contribution in [0.5, 0.6) is 11.5 Å². The highest BCUT2D eigenvalue weighted by molar-refractivity contribution is 6.31. The van der Waals surface area contributed by atoms with Crippen molar-refractivity contribution in [3.05, 3.63) is 58.4 Å². The molecular weight excluding hydrogens is 389 g/mol. The molecule has 0 aromatic heterocycles. The van der Waals surface area contributed by atoms with Gasteiger partial charge in [0.05, 0.1) is 6.61 Å². The summed E-state index contributed by atoms with van der Waals surface area (Å²) in [6.07, 6.45) is 7.70. The van der Waals surface area contributed by atoms with Gasteiger partial charge in [-0.25, -0.2) is 4.39 Å². The van der Waals surface area contributed by atoms with Gasteiger partial charge in [-0.1, -0.05) is 62.8 Å². The SMILES string of the molecule is CCCCCCCCNCc1cc(OCC)c(OCc2ccc(F)cc2)cc1Cl. The Morgan fingerprint density at radius 2 is 1.59 bits per heavy atom. The lowest BCUT2D eigenvalue weighted by atomic mass is 10.1. The summed E-state index contributed by atoms with van der Waals surface area (Å²) in [7, 11) is 0. The molecule has 0 heterocycles. The van der Waals surface area contributed by atoms with Crippen LogP contribution in [0.4, 0.5) is 4.39 Å². The van der Waals surface area contributed by atoms with Crippen molar-refractivity contribution >= 4 is 11.6 Å². The summed E-state index contributed by atoms with van der Waals surface area (Å²) in [5, 5.41) is 4.12. The Bertz CT molecular complexity index is 722. The van der Waals surface area contributed by atoms with Gasteiger partial charge >= 0.3 is 0 Å². The first-order valence-corrected chi connectivity index (χ1v) is 11.0. The predicted octanol–water partition coefficient (Wildman–Crippen LogP) is 6.91. The molecule has 0 aliphatic heterocycles. The Hall–Kier alpha value is -1.78. The average molecular weight is 422 g/mol. The monoisotopic (exact) mass is 421 g/mol. The molecule has 0 spiro atoms. The van der Waals surface area contributed by atoms with Crippen molar-refractivity contribution in [2.75, 3.05) is 13.2 Å². The van der Waals surface area contributed by atoms with Crippen molar-refractivity contribution in [3.8, 4) is 11.5 Å². The Balaban J connectivity index is 1.88. The molecule has 1 N–H and O–H groups in total. The predicted molar refractivity (Wildman–Crippen MR) is 118 cm³/mol. The molecule has 0 radical (unpaired) electrons. The number of benzene rings is 2. The van der Waals surface area contributed by atoms with E-state index in [-0.39, 0.29) is 5.82 Å². The number of nitrogens with one attached hydrogen (secondary N) is 1. The molecule has 0 amide bonds. The fourth-order valence-corrected chi connectivity index (χ4v) is 3.31. The van der Waals surface area contributed by atoms with Gasteiger partial charge in [-0.3, -0.25) is 0 Å². The fraction of sp³-hybridized carbons (Fsp3) is 0.500. The molecule has 0 aliphatic rings. The summed E-state index contributed by atoms with van der Waals surface area (Å²) in [5.41, 5.74) is 1.88. The van der Waals surface area contributed by atoms with Crippen molar-refractivity contribution in [1.82, 2.24) is 5.32 Å². The third-order valence-electron chi connectivity index (χ3n) is 4.74. The zero-order chi connectivity index (χ0) is 20.9. The topological polar surface area (TPSA) is 30.5 Å². The molecule has 0 saturated carbocycles. The van der Waals surface area contributed by atoms with E-state index in [0.717, 1.165) is 17.7 Å². The summed E-state index contributed by atoms with van der Waals surface area (Å²) in [5.74, 6) is 1.01. The molecule has 0 fully saturated rings. The van der Waals surface area contributed by atoms with Gasteiger partial charge in [-0.2, -0.15) is 0 Å². The molecule has 2 aromatic carbocycles. The van der Waals surface area contributed by atoms with Gasteiger partial charge < -0.3 is 14.8 Å². The maximum absolute atomic E-state index is 13.0. The van der Waals surface area contributed by atoms with Crippen LogP contribution in [0.2, 0.25) is 5.02 Å². The Kier molecular flexibility index (Phi) is 10.9. The van der Waals surface area contributed by atoms with Gasteiger partial charge in [-0.15, -0.1) is 0 Å². The van der Waals surface area contributed by atoms with E-state index in [1.54, 1.807) is 18.2 Å². The molecular formula is C24H33ClFNO2. The van der Waals surface area contributed by atoms with Gasteiger partial charge in [0.1, 0.15) is 12.4 Å². The van der Waals surface area contributed by atoms with E-state index in [2.05, 4.69) is 12.2 Å². The van der Waals surface area contributed by atoms with Crippen molar-refractivity contribution in [2.24, 2.45) is 0 Å². The van der Waals surface area contributed by atoms with Gasteiger partial charge in [0.2, 0.25) is 0 Å². The highest BCUT2D eigenvalue weighted by atomic mass is 35.5. The summed E-state index contributed by atoms with van der Waals surface area (Å²) < 4.78 is 24.7. The van der Waals surface area contributed by atoms with E-state index < -0.39 is 0 Å². The lowest BCUT2D eigenvalue weighted by Gasteiger charge is -2.15. The van der Waals surface area contributed by atoms with Crippen LogP contribution in [0.1, 0.15) is 63.5 Å². The molecule has 2 aromatic rings. The number of ether oxygens (including phenoxy) is 2. The van der Waals surface area contributed by atoms with Gasteiger partial charge in [0.15, 0.2) is 11.5 Å². The minimum atomic E-state index is -0.260. The normalized spacial score (nSPS) is 10.9. The van der Waals surface area contributed by atoms with Crippen LogP contribution in [0, 0.1) is 5.82 Å². The van der Waals surface area contributed by atoms with Crippen molar-refractivity contribution in [1.29, 1.82) is 0 Å². The number of halogens is 2. The van der Waals surface area contributed by atoms with E-state index >= 15 is 0 Å². The maximum Gasteiger partial charge on any atom is 0.163 e. The van der Waals surface area contributed by atoms with Crippen LogP contribution in [0.25, 0.3) is 0 Å². The number of hydrogen-bond acceptors (Lipinski definition) is 3. The highest BCUT2D eigenvalue weighted by Gasteiger charge is 2.11. The lowest BCUT2D eigenvalue weighted by Crippen LogP contribution is -2.15. The molecule has 0 aliphatic carbocycles. The van der Waals surface area contributed by atoms with E-state index in [1.165, 1.54) is 50.7 Å². The molecule has 0 atom stereocenters. The summed E-state index contributed by atoms with van der Waals surface area (Å²) >= 11 is 6.48. The van der Waals surface area contributed by atoms with Crippen LogP contribution < -0.4 is 14.8 Å². The first-order valence-electron chi connectivity index (χ1n) is 10.7. The van der Waals surface area contributed by atoms with Crippen molar-refractivity contribution in [3.63, 3.8) is 0 Å². The van der Waals surface area contributed by atoms with E-state index in [9.17, 15) is 4.39 Å². The third-order valence-corrected chi connectivity index (χ3v) is 5.09. The zero-order valence-corrected chi connectivity index (χ0v) is 18.4. The van der Waals surface area contributed by atoms with E-state index in [4.69, 9.17) is 21.1 Å². The van der Waals surface area contributed by atoms with Crippen LogP contribution >= 0.6 is 11.6 Å². The summed E-state index contributed by atoms with van der Waals surface area (Å²) in [4.78, 5) is 0. The second-order valence-corrected chi connectivity index (χ2v) is 7.59. The summed E-state index contributed by atoms with van der Waals surface area (Å²) in [6, 6.07) is 10.0. The first-order chi connectivity index (χ1) is 14.1. The molecule has 2 rings (SSSR count). The Morgan fingerprint density at radius 3 is 2.31 bits per heavy atom. The largest absolute Gasteiger partial charge is 0.490 e. The Morgan fingerprint density at radius 1 is 0.897 bits per heavy atom. The number of hydrogen-bond donors (Lipinski definition) is 1. The highest BCUT2D eigenvalue weighted by Crippen LogP contribution is 2.34. The smallest absolute Gasteiger partial charge is 0.163 e. The van der Waals surface area contributed by atoms with Crippen molar-refractivity contribution in [2.45, 2.75) is 65.5 Å².